The molecule has 0 unspecified atom stereocenters. The maximum absolute atomic E-state index is 12.4. The Morgan fingerprint density at radius 2 is 2.06 bits per heavy atom. The van der Waals surface area contributed by atoms with E-state index in [9.17, 15) is 23.3 Å². The predicted molar refractivity (Wildman–Crippen MR) is 52.7 cm³/mol. The molecule has 1 aromatic carbocycles. The summed E-state index contributed by atoms with van der Waals surface area (Å²) in [6, 6.07) is 4.09. The molecule has 0 fully saturated rings. The van der Waals surface area contributed by atoms with Crippen LogP contribution in [0.25, 0.3) is 6.08 Å². The lowest BCUT2D eigenvalue weighted by molar-refractivity contribution is -0.388. The number of nitrogens with zero attached hydrogens (tertiary/aromatic N) is 2. The Morgan fingerprint density at radius 1 is 1.41 bits per heavy atom. The monoisotopic (exact) mass is 242 g/mol. The molecule has 1 rings (SSSR count). The van der Waals surface area contributed by atoms with E-state index in [1.165, 1.54) is 6.08 Å². The second-order valence-electron chi connectivity index (χ2n) is 2.99. The van der Waals surface area contributed by atoms with Gasteiger partial charge in [0.1, 0.15) is 5.56 Å². The third-order valence-corrected chi connectivity index (χ3v) is 1.87. The molecule has 0 saturated heterocycles. The number of alkyl halides is 3. The van der Waals surface area contributed by atoms with Crippen molar-refractivity contribution in [1.29, 1.82) is 5.26 Å². The van der Waals surface area contributed by atoms with E-state index in [0.717, 1.165) is 18.2 Å². The third-order valence-electron chi connectivity index (χ3n) is 1.87. The summed E-state index contributed by atoms with van der Waals surface area (Å²) in [6.07, 6.45) is -2.57. The van der Waals surface area contributed by atoms with Crippen molar-refractivity contribution in [3.8, 4) is 6.07 Å². The first-order valence-electron chi connectivity index (χ1n) is 4.28. The molecule has 0 aromatic heterocycles. The zero-order valence-electron chi connectivity index (χ0n) is 8.23. The van der Waals surface area contributed by atoms with Crippen molar-refractivity contribution in [2.45, 2.75) is 6.18 Å². The van der Waals surface area contributed by atoms with Gasteiger partial charge in [0.25, 0.3) is 5.69 Å². The van der Waals surface area contributed by atoms with Crippen molar-refractivity contribution >= 4 is 11.8 Å². The minimum atomic E-state index is -4.78. The number of hydrogen-bond acceptors (Lipinski definition) is 3. The van der Waals surface area contributed by atoms with E-state index in [-0.39, 0.29) is 5.56 Å². The summed E-state index contributed by atoms with van der Waals surface area (Å²) in [7, 11) is 0. The van der Waals surface area contributed by atoms with Crippen LogP contribution in [0.1, 0.15) is 11.1 Å². The number of benzene rings is 1. The summed E-state index contributed by atoms with van der Waals surface area (Å²) >= 11 is 0. The predicted octanol–water partition coefficient (Wildman–Crippen LogP) is 3.15. The number of allylic oxidation sites excluding steroid dienone is 1. The van der Waals surface area contributed by atoms with Gasteiger partial charge in [0.05, 0.1) is 11.0 Å². The van der Waals surface area contributed by atoms with E-state index in [1.807, 2.05) is 0 Å². The van der Waals surface area contributed by atoms with Crippen LogP contribution in [0, 0.1) is 21.4 Å². The number of halogens is 3. The van der Waals surface area contributed by atoms with E-state index in [0.29, 0.717) is 6.07 Å². The summed E-state index contributed by atoms with van der Waals surface area (Å²) in [5.41, 5.74) is -2.18. The average Bonchev–Trinajstić information content (AvgIpc) is 2.24. The fourth-order valence-corrected chi connectivity index (χ4v) is 1.18. The lowest BCUT2D eigenvalue weighted by atomic mass is 10.1. The number of nitro groups is 1. The molecule has 88 valence electrons. The minimum Gasteiger partial charge on any atom is -0.258 e. The fraction of sp³-hybridized carbons (Fsp3) is 0.100. The molecular formula is C10H5F3N2O2. The van der Waals surface area contributed by atoms with Gasteiger partial charge in [-0.3, -0.25) is 10.1 Å². The van der Waals surface area contributed by atoms with Crippen molar-refractivity contribution in [2.75, 3.05) is 0 Å². The second kappa shape index (κ2) is 4.65. The van der Waals surface area contributed by atoms with E-state index in [1.54, 1.807) is 6.07 Å². The Kier molecular flexibility index (Phi) is 3.48. The molecule has 0 N–H and O–H groups in total. The van der Waals surface area contributed by atoms with E-state index in [4.69, 9.17) is 5.26 Å². The molecule has 0 atom stereocenters. The molecule has 0 aliphatic rings. The topological polar surface area (TPSA) is 66.9 Å². The lowest BCUT2D eigenvalue weighted by Gasteiger charge is -2.07. The maximum Gasteiger partial charge on any atom is 0.422 e. The Hall–Kier alpha value is -2.36. The second-order valence-corrected chi connectivity index (χ2v) is 2.99. The largest absolute Gasteiger partial charge is 0.422 e. The maximum atomic E-state index is 12.4. The molecule has 0 radical (unpaired) electrons. The molecular weight excluding hydrogens is 237 g/mol. The molecule has 1 aromatic rings. The fourth-order valence-electron chi connectivity index (χ4n) is 1.18. The van der Waals surface area contributed by atoms with E-state index in [2.05, 4.69) is 0 Å². The van der Waals surface area contributed by atoms with Gasteiger partial charge < -0.3 is 0 Å². The number of nitriles is 1. The van der Waals surface area contributed by atoms with Crippen LogP contribution in [0.3, 0.4) is 0 Å². The molecule has 0 amide bonds. The van der Waals surface area contributed by atoms with Crippen LogP contribution in [-0.2, 0) is 6.18 Å². The summed E-state index contributed by atoms with van der Waals surface area (Å²) in [4.78, 5) is 9.41. The molecule has 0 heterocycles. The van der Waals surface area contributed by atoms with Gasteiger partial charge in [0.15, 0.2) is 0 Å². The average molecular weight is 242 g/mol. The first-order chi connectivity index (χ1) is 7.86. The SMILES string of the molecule is N#CC=Cc1ccc(C(F)(F)F)c([N+](=O)[O-])c1. The quantitative estimate of drug-likeness (QED) is 0.454. The third kappa shape index (κ3) is 3.04. The van der Waals surface area contributed by atoms with Crippen LogP contribution >= 0.6 is 0 Å². The molecule has 4 nitrogen and oxygen atoms in total. The highest BCUT2D eigenvalue weighted by atomic mass is 19.4. The van der Waals surface area contributed by atoms with Gasteiger partial charge in [-0.1, -0.05) is 6.07 Å². The van der Waals surface area contributed by atoms with Crippen molar-refractivity contribution < 1.29 is 18.1 Å². The first-order valence-corrected chi connectivity index (χ1v) is 4.28. The number of hydrogen-bond donors (Lipinski definition) is 0. The van der Waals surface area contributed by atoms with Gasteiger partial charge >= 0.3 is 6.18 Å². The zero-order valence-corrected chi connectivity index (χ0v) is 8.23. The van der Waals surface area contributed by atoms with Crippen LogP contribution in [0.15, 0.2) is 24.3 Å². The molecule has 0 aliphatic carbocycles. The van der Waals surface area contributed by atoms with Crippen molar-refractivity contribution in [3.05, 3.63) is 45.5 Å². The summed E-state index contributed by atoms with van der Waals surface area (Å²) < 4.78 is 37.3. The normalized spacial score (nSPS) is 11.4. The van der Waals surface area contributed by atoms with E-state index >= 15 is 0 Å². The van der Waals surface area contributed by atoms with Gasteiger partial charge in [-0.15, -0.1) is 0 Å². The van der Waals surface area contributed by atoms with Gasteiger partial charge in [-0.25, -0.2) is 0 Å². The van der Waals surface area contributed by atoms with Gasteiger partial charge in [0, 0.05) is 12.1 Å². The Labute approximate surface area is 93.7 Å². The van der Waals surface area contributed by atoms with Gasteiger partial charge in [-0.05, 0) is 17.7 Å². The standard InChI is InChI=1S/C10H5F3N2O2/c11-10(12,13)8-4-3-7(2-1-5-14)6-9(8)15(16)17/h1-4,6H. The van der Waals surface area contributed by atoms with Crippen LogP contribution < -0.4 is 0 Å². The molecule has 7 heteroatoms. The van der Waals surface area contributed by atoms with Crippen LogP contribution in [0.4, 0.5) is 18.9 Å². The highest BCUT2D eigenvalue weighted by Crippen LogP contribution is 2.36. The van der Waals surface area contributed by atoms with Crippen molar-refractivity contribution in [3.63, 3.8) is 0 Å². The number of nitro benzene ring substituents is 1. The highest BCUT2D eigenvalue weighted by molar-refractivity contribution is 5.58. The van der Waals surface area contributed by atoms with Gasteiger partial charge in [0.2, 0.25) is 0 Å². The molecule has 0 aliphatic heterocycles. The van der Waals surface area contributed by atoms with Gasteiger partial charge in [-0.2, -0.15) is 18.4 Å². The Balaban J connectivity index is 3.33. The highest BCUT2D eigenvalue weighted by Gasteiger charge is 2.38. The summed E-state index contributed by atoms with van der Waals surface area (Å²) in [5, 5.41) is 18.8. The smallest absolute Gasteiger partial charge is 0.258 e. The first kappa shape index (κ1) is 12.7. The van der Waals surface area contributed by atoms with Crippen molar-refractivity contribution in [1.82, 2.24) is 0 Å². The molecule has 17 heavy (non-hydrogen) atoms. The molecule has 0 saturated carbocycles. The zero-order chi connectivity index (χ0) is 13.1. The van der Waals surface area contributed by atoms with Crippen LogP contribution in [-0.4, -0.2) is 4.92 Å². The summed E-state index contributed by atoms with van der Waals surface area (Å²) in [6.45, 7) is 0. The summed E-state index contributed by atoms with van der Waals surface area (Å²) in [5.74, 6) is 0. The van der Waals surface area contributed by atoms with E-state index < -0.39 is 22.4 Å². The Bertz CT molecular complexity index is 515. The van der Waals surface area contributed by atoms with Crippen LogP contribution in [0.2, 0.25) is 0 Å². The van der Waals surface area contributed by atoms with Crippen LogP contribution in [0.5, 0.6) is 0 Å². The number of rotatable bonds is 2. The van der Waals surface area contributed by atoms with Crippen molar-refractivity contribution in [2.24, 2.45) is 0 Å². The lowest BCUT2D eigenvalue weighted by Crippen LogP contribution is -2.08. The molecule has 0 bridgehead atoms. The minimum absolute atomic E-state index is 0.159. The Morgan fingerprint density at radius 3 is 2.53 bits per heavy atom. The molecule has 0 spiro atoms.